The van der Waals surface area contributed by atoms with Crippen molar-refractivity contribution in [1.82, 2.24) is 0 Å². The van der Waals surface area contributed by atoms with Crippen LogP contribution in [0.4, 0.5) is 0 Å². The Balaban J connectivity index is 3.97. The molecule has 1 heteroatoms. The SMILES string of the molecule is CC=CP(C=CC)C=CC. The number of hydrogen-bond acceptors (Lipinski definition) is 0. The van der Waals surface area contributed by atoms with Gasteiger partial charge in [-0.1, -0.05) is 35.7 Å². The van der Waals surface area contributed by atoms with Crippen molar-refractivity contribution >= 4 is 7.92 Å². The van der Waals surface area contributed by atoms with Gasteiger partial charge < -0.3 is 0 Å². The van der Waals surface area contributed by atoms with Gasteiger partial charge in [0.15, 0.2) is 0 Å². The molecule has 0 saturated carbocycles. The first-order chi connectivity index (χ1) is 4.85. The zero-order valence-electron chi connectivity index (χ0n) is 6.91. The zero-order chi connectivity index (χ0) is 7.82. The summed E-state index contributed by atoms with van der Waals surface area (Å²) in [6.07, 6.45) is 6.31. The van der Waals surface area contributed by atoms with Crippen molar-refractivity contribution in [3.05, 3.63) is 35.7 Å². The smallest absolute Gasteiger partial charge is 0.0368 e. The van der Waals surface area contributed by atoms with Gasteiger partial charge in [0.25, 0.3) is 0 Å². The monoisotopic (exact) mass is 154 g/mol. The third-order valence-electron chi connectivity index (χ3n) is 0.964. The Morgan fingerprint density at radius 2 is 1.00 bits per heavy atom. The maximum Gasteiger partial charge on any atom is -0.0368 e. The minimum Gasteiger partial charge on any atom is -0.0866 e. The van der Waals surface area contributed by atoms with Gasteiger partial charge in [0.2, 0.25) is 0 Å². The van der Waals surface area contributed by atoms with Crippen molar-refractivity contribution in [3.8, 4) is 0 Å². The van der Waals surface area contributed by atoms with E-state index in [1.54, 1.807) is 0 Å². The molecule has 0 aromatic carbocycles. The first kappa shape index (κ1) is 9.65. The van der Waals surface area contributed by atoms with E-state index in [9.17, 15) is 0 Å². The third-order valence-corrected chi connectivity index (χ3v) is 2.89. The highest BCUT2D eigenvalue weighted by atomic mass is 31.1. The predicted octanol–water partition coefficient (Wildman–Crippen LogP) is 4.07. The first-order valence-corrected chi connectivity index (χ1v) is 5.06. The highest BCUT2D eigenvalue weighted by molar-refractivity contribution is 7.67. The topological polar surface area (TPSA) is 0 Å². The summed E-state index contributed by atoms with van der Waals surface area (Å²) in [4.78, 5) is 0. The van der Waals surface area contributed by atoms with E-state index in [2.05, 4.69) is 56.5 Å². The average molecular weight is 154 g/mol. The predicted molar refractivity (Wildman–Crippen MR) is 51.4 cm³/mol. The molecule has 0 aliphatic rings. The summed E-state index contributed by atoms with van der Waals surface area (Å²) in [6.45, 7) is 6.17. The van der Waals surface area contributed by atoms with E-state index in [-0.39, 0.29) is 7.92 Å². The van der Waals surface area contributed by atoms with Crippen LogP contribution in [0.25, 0.3) is 0 Å². The zero-order valence-corrected chi connectivity index (χ0v) is 7.81. The maximum absolute atomic E-state index is 2.23. The second kappa shape index (κ2) is 6.77. The quantitative estimate of drug-likeness (QED) is 0.537. The van der Waals surface area contributed by atoms with E-state index >= 15 is 0 Å². The lowest BCUT2D eigenvalue weighted by Gasteiger charge is -1.97. The van der Waals surface area contributed by atoms with Crippen LogP contribution in [0.1, 0.15) is 20.8 Å². The fourth-order valence-electron chi connectivity index (χ4n) is 0.665. The molecule has 0 bridgehead atoms. The van der Waals surface area contributed by atoms with E-state index in [1.807, 2.05) is 0 Å². The van der Waals surface area contributed by atoms with Crippen molar-refractivity contribution < 1.29 is 0 Å². The molecule has 0 amide bonds. The summed E-state index contributed by atoms with van der Waals surface area (Å²) in [5.74, 6) is 6.69. The number of rotatable bonds is 3. The van der Waals surface area contributed by atoms with E-state index in [0.717, 1.165) is 0 Å². The molecule has 0 rings (SSSR count). The molecule has 0 heterocycles. The van der Waals surface area contributed by atoms with Gasteiger partial charge in [0.1, 0.15) is 0 Å². The standard InChI is InChI=1S/C9H15P/c1-4-7-10(8-5-2)9-6-3/h4-9H,1-3H3. The van der Waals surface area contributed by atoms with Gasteiger partial charge in [-0.05, 0) is 28.7 Å². The molecule has 0 saturated heterocycles. The Labute approximate surface area is 65.1 Å². The van der Waals surface area contributed by atoms with Crippen LogP contribution >= 0.6 is 7.92 Å². The van der Waals surface area contributed by atoms with Gasteiger partial charge in [0.05, 0.1) is 0 Å². The third kappa shape index (κ3) is 4.52. The lowest BCUT2D eigenvalue weighted by atomic mass is 10.8. The highest BCUT2D eigenvalue weighted by Crippen LogP contribution is 2.40. The Kier molecular flexibility index (Phi) is 6.53. The molecule has 0 fully saturated rings. The molecule has 0 aliphatic heterocycles. The molecule has 0 aromatic rings. The van der Waals surface area contributed by atoms with Crippen molar-refractivity contribution in [2.45, 2.75) is 20.8 Å². The molecule has 0 atom stereocenters. The molecule has 0 spiro atoms. The van der Waals surface area contributed by atoms with Gasteiger partial charge in [-0.3, -0.25) is 0 Å². The minimum atomic E-state index is -0.103. The van der Waals surface area contributed by atoms with Crippen molar-refractivity contribution in [1.29, 1.82) is 0 Å². The summed E-state index contributed by atoms with van der Waals surface area (Å²) in [5.41, 5.74) is 0. The normalized spacial score (nSPS) is 15.9. The van der Waals surface area contributed by atoms with Gasteiger partial charge in [-0.2, -0.15) is 0 Å². The molecule has 0 aromatic heterocycles. The first-order valence-electron chi connectivity index (χ1n) is 3.51. The molecule has 0 radical (unpaired) electrons. The van der Waals surface area contributed by atoms with Gasteiger partial charge >= 0.3 is 0 Å². The summed E-state index contributed by atoms with van der Waals surface area (Å²) in [6, 6.07) is 0. The van der Waals surface area contributed by atoms with Gasteiger partial charge in [-0.15, -0.1) is 0 Å². The molecule has 56 valence electrons. The average Bonchev–Trinajstić information content (AvgIpc) is 1.90. The van der Waals surface area contributed by atoms with Crippen molar-refractivity contribution in [2.75, 3.05) is 0 Å². The Bertz CT molecular complexity index is 114. The van der Waals surface area contributed by atoms with Crippen LogP contribution in [-0.2, 0) is 0 Å². The van der Waals surface area contributed by atoms with E-state index < -0.39 is 0 Å². The second-order valence-electron chi connectivity index (χ2n) is 1.89. The Morgan fingerprint density at radius 3 is 1.20 bits per heavy atom. The maximum atomic E-state index is 2.23. The summed E-state index contributed by atoms with van der Waals surface area (Å²) < 4.78 is 0. The summed E-state index contributed by atoms with van der Waals surface area (Å²) in [5, 5.41) is 0. The second-order valence-corrected chi connectivity index (χ2v) is 3.68. The van der Waals surface area contributed by atoms with E-state index in [1.165, 1.54) is 0 Å². The van der Waals surface area contributed by atoms with Crippen molar-refractivity contribution in [2.24, 2.45) is 0 Å². The van der Waals surface area contributed by atoms with Crippen LogP contribution in [0.15, 0.2) is 35.7 Å². The van der Waals surface area contributed by atoms with Crippen LogP contribution in [0.3, 0.4) is 0 Å². The molecular weight excluding hydrogens is 139 g/mol. The molecule has 0 N–H and O–H groups in total. The summed E-state index contributed by atoms with van der Waals surface area (Å²) in [7, 11) is -0.103. The van der Waals surface area contributed by atoms with Crippen LogP contribution in [0.2, 0.25) is 0 Å². The largest absolute Gasteiger partial charge is 0.0866 e. The molecule has 10 heavy (non-hydrogen) atoms. The lowest BCUT2D eigenvalue weighted by Crippen LogP contribution is -1.54. The van der Waals surface area contributed by atoms with Gasteiger partial charge in [0, 0.05) is 0 Å². The van der Waals surface area contributed by atoms with Crippen LogP contribution < -0.4 is 0 Å². The molecule has 0 aliphatic carbocycles. The fourth-order valence-corrected chi connectivity index (χ4v) is 2.00. The van der Waals surface area contributed by atoms with Crippen molar-refractivity contribution in [3.63, 3.8) is 0 Å². The molecule has 0 unspecified atom stereocenters. The van der Waals surface area contributed by atoms with Crippen LogP contribution in [0, 0.1) is 0 Å². The number of allylic oxidation sites excluding steroid dienone is 3. The van der Waals surface area contributed by atoms with E-state index in [4.69, 9.17) is 0 Å². The van der Waals surface area contributed by atoms with Crippen LogP contribution in [-0.4, -0.2) is 0 Å². The lowest BCUT2D eigenvalue weighted by molar-refractivity contribution is 1.75. The summed E-state index contributed by atoms with van der Waals surface area (Å²) >= 11 is 0. The fraction of sp³-hybridized carbons (Fsp3) is 0.333. The molecular formula is C9H15P. The van der Waals surface area contributed by atoms with E-state index in [0.29, 0.717) is 0 Å². The highest BCUT2D eigenvalue weighted by Gasteiger charge is 1.87. The van der Waals surface area contributed by atoms with Crippen LogP contribution in [0.5, 0.6) is 0 Å². The Hall–Kier alpha value is -0.350. The van der Waals surface area contributed by atoms with Gasteiger partial charge in [-0.25, -0.2) is 0 Å². The Morgan fingerprint density at radius 1 is 0.700 bits per heavy atom. The molecule has 0 nitrogen and oxygen atoms in total. The number of hydrogen-bond donors (Lipinski definition) is 0. The minimum absolute atomic E-state index is 0.103.